The molecule has 0 spiro atoms. The third-order valence-corrected chi connectivity index (χ3v) is 4.21. The van der Waals surface area contributed by atoms with Crippen LogP contribution >= 0.6 is 0 Å². The van der Waals surface area contributed by atoms with Gasteiger partial charge in [0.1, 0.15) is 5.78 Å². The highest BCUT2D eigenvalue weighted by Gasteiger charge is 2.37. The molecule has 0 unspecified atom stereocenters. The maximum atomic E-state index is 12.4. The van der Waals surface area contributed by atoms with E-state index in [0.717, 1.165) is 24.8 Å². The topological polar surface area (TPSA) is 46.6 Å². The number of hydrogen-bond donors (Lipinski definition) is 0. The summed E-state index contributed by atoms with van der Waals surface area (Å²) in [7, 11) is 1.38. The molecule has 1 aliphatic rings. The van der Waals surface area contributed by atoms with E-state index in [-0.39, 0.29) is 23.8 Å². The zero-order valence-electron chi connectivity index (χ0n) is 12.7. The van der Waals surface area contributed by atoms with Gasteiger partial charge in [0, 0.05) is 18.9 Å². The van der Waals surface area contributed by atoms with Crippen LogP contribution in [0.2, 0.25) is 0 Å². The summed E-state index contributed by atoms with van der Waals surface area (Å²) in [6.45, 7) is 2.44. The minimum atomic E-state index is -0.371. The van der Waals surface area contributed by atoms with Crippen molar-refractivity contribution in [3.8, 4) is 0 Å². The molecule has 4 nitrogen and oxygen atoms in total. The number of amides is 1. The van der Waals surface area contributed by atoms with E-state index in [9.17, 15) is 9.59 Å². The van der Waals surface area contributed by atoms with Crippen LogP contribution in [0.1, 0.15) is 44.2 Å². The Kier molecular flexibility index (Phi) is 5.37. The Morgan fingerprint density at radius 1 is 1.33 bits per heavy atom. The number of carbonyl (C=O) groups excluding carboxylic acids is 2. The molecule has 1 saturated carbocycles. The predicted molar refractivity (Wildman–Crippen MR) is 80.9 cm³/mol. The summed E-state index contributed by atoms with van der Waals surface area (Å²) in [6.07, 6.45) is 3.09. The molecule has 1 fully saturated rings. The van der Waals surface area contributed by atoms with Crippen LogP contribution in [0.25, 0.3) is 0 Å². The Morgan fingerprint density at radius 3 is 2.62 bits per heavy atom. The summed E-state index contributed by atoms with van der Waals surface area (Å²) in [5.74, 6) is 0.137. The Bertz CT molecular complexity index is 476. The van der Waals surface area contributed by atoms with Crippen molar-refractivity contribution in [1.82, 2.24) is 4.90 Å². The van der Waals surface area contributed by atoms with E-state index in [1.54, 1.807) is 4.90 Å². The second-order valence-electron chi connectivity index (χ2n) is 5.43. The van der Waals surface area contributed by atoms with E-state index in [1.807, 2.05) is 37.3 Å². The predicted octanol–water partition coefficient (Wildman–Crippen LogP) is 3.58. The first-order chi connectivity index (χ1) is 10.2. The van der Waals surface area contributed by atoms with Crippen LogP contribution < -0.4 is 0 Å². The van der Waals surface area contributed by atoms with Crippen molar-refractivity contribution in [2.45, 2.75) is 38.6 Å². The fraction of sp³-hybridized carbons (Fsp3) is 0.529. The fourth-order valence-corrected chi connectivity index (χ4v) is 3.18. The molecule has 0 aliphatic heterocycles. The molecule has 0 aromatic heterocycles. The van der Waals surface area contributed by atoms with Crippen molar-refractivity contribution < 1.29 is 14.3 Å². The number of ketones is 1. The molecule has 1 aromatic carbocycles. The molecule has 2 atom stereocenters. The van der Waals surface area contributed by atoms with Crippen molar-refractivity contribution in [3.63, 3.8) is 0 Å². The molecule has 1 amide bonds. The average Bonchev–Trinajstić information content (AvgIpc) is 2.53. The number of rotatable bonds is 4. The minimum Gasteiger partial charge on any atom is -0.453 e. The fourth-order valence-electron chi connectivity index (χ4n) is 3.18. The summed E-state index contributed by atoms with van der Waals surface area (Å²) in [5.41, 5.74) is 1.00. The summed E-state index contributed by atoms with van der Waals surface area (Å²) < 4.78 is 4.91. The molecule has 0 radical (unpaired) electrons. The highest BCUT2D eigenvalue weighted by Crippen LogP contribution is 2.36. The van der Waals surface area contributed by atoms with Gasteiger partial charge in [0.15, 0.2) is 0 Å². The molecule has 0 saturated heterocycles. The van der Waals surface area contributed by atoms with Gasteiger partial charge < -0.3 is 9.64 Å². The molecule has 114 valence electrons. The van der Waals surface area contributed by atoms with Crippen LogP contribution in [0.15, 0.2) is 30.3 Å². The molecule has 0 heterocycles. The smallest absolute Gasteiger partial charge is 0.410 e. The van der Waals surface area contributed by atoms with Gasteiger partial charge in [0.2, 0.25) is 0 Å². The zero-order valence-corrected chi connectivity index (χ0v) is 12.7. The van der Waals surface area contributed by atoms with Crippen LogP contribution in [0.4, 0.5) is 4.79 Å². The van der Waals surface area contributed by atoms with Gasteiger partial charge in [0.25, 0.3) is 0 Å². The second-order valence-corrected chi connectivity index (χ2v) is 5.43. The van der Waals surface area contributed by atoms with Gasteiger partial charge >= 0.3 is 6.09 Å². The van der Waals surface area contributed by atoms with Crippen molar-refractivity contribution in [2.75, 3.05) is 13.7 Å². The SMILES string of the molecule is CCN(C(=O)OC)[C@H](c1ccccc1)[C@H]1CCCCC1=O. The first-order valence-corrected chi connectivity index (χ1v) is 7.61. The molecule has 1 aromatic rings. The molecule has 2 rings (SSSR count). The van der Waals surface area contributed by atoms with E-state index >= 15 is 0 Å². The second kappa shape index (κ2) is 7.25. The Hall–Kier alpha value is -1.84. The molecule has 0 bridgehead atoms. The van der Waals surface area contributed by atoms with Crippen LogP contribution in [0.3, 0.4) is 0 Å². The molecule has 0 N–H and O–H groups in total. The molecule has 4 heteroatoms. The zero-order chi connectivity index (χ0) is 15.2. The third-order valence-electron chi connectivity index (χ3n) is 4.21. The number of hydrogen-bond acceptors (Lipinski definition) is 3. The van der Waals surface area contributed by atoms with Crippen molar-refractivity contribution in [3.05, 3.63) is 35.9 Å². The van der Waals surface area contributed by atoms with E-state index in [4.69, 9.17) is 4.74 Å². The monoisotopic (exact) mass is 289 g/mol. The lowest BCUT2D eigenvalue weighted by Gasteiger charge is -2.37. The number of carbonyl (C=O) groups is 2. The van der Waals surface area contributed by atoms with Crippen LogP contribution in [0, 0.1) is 5.92 Å². The first-order valence-electron chi connectivity index (χ1n) is 7.61. The molecule has 21 heavy (non-hydrogen) atoms. The number of ether oxygens (including phenoxy) is 1. The number of Topliss-reactive ketones (excluding diaryl/α,β-unsaturated/α-hetero) is 1. The summed E-state index contributed by atoms with van der Waals surface area (Å²) >= 11 is 0. The van der Waals surface area contributed by atoms with Crippen LogP contribution in [-0.4, -0.2) is 30.4 Å². The lowest BCUT2D eigenvalue weighted by Crippen LogP contribution is -2.41. The van der Waals surface area contributed by atoms with Crippen molar-refractivity contribution >= 4 is 11.9 Å². The average molecular weight is 289 g/mol. The maximum absolute atomic E-state index is 12.4. The van der Waals surface area contributed by atoms with Gasteiger partial charge in [-0.1, -0.05) is 36.8 Å². The van der Waals surface area contributed by atoms with Gasteiger partial charge in [-0.05, 0) is 25.3 Å². The Labute approximate surface area is 126 Å². The number of methoxy groups -OCH3 is 1. The van der Waals surface area contributed by atoms with Gasteiger partial charge in [-0.2, -0.15) is 0 Å². The molecular formula is C17H23NO3. The molecular weight excluding hydrogens is 266 g/mol. The number of benzene rings is 1. The molecule has 1 aliphatic carbocycles. The Morgan fingerprint density at radius 2 is 2.05 bits per heavy atom. The highest BCUT2D eigenvalue weighted by atomic mass is 16.5. The lowest BCUT2D eigenvalue weighted by molar-refractivity contribution is -0.126. The summed E-state index contributed by atoms with van der Waals surface area (Å²) in [4.78, 5) is 26.1. The van der Waals surface area contributed by atoms with Gasteiger partial charge in [-0.15, -0.1) is 0 Å². The minimum absolute atomic E-state index is 0.125. The van der Waals surface area contributed by atoms with E-state index in [1.165, 1.54) is 7.11 Å². The van der Waals surface area contributed by atoms with E-state index in [0.29, 0.717) is 13.0 Å². The van der Waals surface area contributed by atoms with Gasteiger partial charge in [-0.25, -0.2) is 4.79 Å². The van der Waals surface area contributed by atoms with Crippen molar-refractivity contribution in [2.24, 2.45) is 5.92 Å². The quantitative estimate of drug-likeness (QED) is 0.851. The Balaban J connectivity index is 2.38. The summed E-state index contributed by atoms with van der Waals surface area (Å²) in [5, 5.41) is 0. The van der Waals surface area contributed by atoms with Gasteiger partial charge in [0.05, 0.1) is 13.2 Å². The third kappa shape index (κ3) is 3.43. The highest BCUT2D eigenvalue weighted by molar-refractivity contribution is 5.83. The van der Waals surface area contributed by atoms with E-state index in [2.05, 4.69) is 0 Å². The lowest BCUT2D eigenvalue weighted by atomic mass is 9.79. The van der Waals surface area contributed by atoms with Crippen molar-refractivity contribution in [1.29, 1.82) is 0 Å². The maximum Gasteiger partial charge on any atom is 0.410 e. The summed E-state index contributed by atoms with van der Waals surface area (Å²) in [6, 6.07) is 9.58. The van der Waals surface area contributed by atoms with Crippen LogP contribution in [-0.2, 0) is 9.53 Å². The normalized spacial score (nSPS) is 19.9. The number of nitrogens with zero attached hydrogens (tertiary/aromatic N) is 1. The van der Waals surface area contributed by atoms with Gasteiger partial charge in [-0.3, -0.25) is 4.79 Å². The van der Waals surface area contributed by atoms with E-state index < -0.39 is 0 Å². The largest absolute Gasteiger partial charge is 0.453 e. The standard InChI is InChI=1S/C17H23NO3/c1-3-18(17(20)21-2)16(13-9-5-4-6-10-13)14-11-7-8-12-15(14)19/h4-6,9-10,14,16H,3,7-8,11-12H2,1-2H3/t14-,16+/m0/s1. The van der Waals surface area contributed by atoms with Crippen LogP contribution in [0.5, 0.6) is 0 Å². The first kappa shape index (κ1) is 15.5.